The van der Waals surface area contributed by atoms with E-state index in [9.17, 15) is 4.79 Å². The third-order valence-electron chi connectivity index (χ3n) is 4.70. The molecule has 1 aliphatic rings. The first kappa shape index (κ1) is 18.6. The van der Waals surface area contributed by atoms with Crippen LogP contribution in [0.15, 0.2) is 40.2 Å². The van der Waals surface area contributed by atoms with Crippen molar-refractivity contribution in [2.45, 2.75) is 31.9 Å². The zero-order valence-corrected chi connectivity index (χ0v) is 16.5. The molecule has 0 saturated carbocycles. The number of carbonyl (C=O) groups is 1. The fourth-order valence-electron chi connectivity index (χ4n) is 3.40. The molecule has 0 bridgehead atoms. The van der Waals surface area contributed by atoms with Gasteiger partial charge in [-0.3, -0.25) is 4.79 Å². The van der Waals surface area contributed by atoms with Gasteiger partial charge in [0.1, 0.15) is 11.8 Å². The first-order valence-corrected chi connectivity index (χ1v) is 9.94. The molecule has 1 amide bonds. The van der Waals surface area contributed by atoms with E-state index >= 15 is 0 Å². The van der Waals surface area contributed by atoms with Gasteiger partial charge >= 0.3 is 0 Å². The molecule has 0 fully saturated rings. The van der Waals surface area contributed by atoms with Crippen LogP contribution in [0.3, 0.4) is 0 Å². The van der Waals surface area contributed by atoms with Crippen LogP contribution in [0.2, 0.25) is 0 Å². The number of ether oxygens (including phenoxy) is 2. The molecular weight excluding hydrogens is 378 g/mol. The molecule has 2 aromatic heterocycles. The van der Waals surface area contributed by atoms with E-state index < -0.39 is 6.04 Å². The number of methoxy groups -OCH3 is 1. The van der Waals surface area contributed by atoms with Crippen LogP contribution in [-0.2, 0) is 16.0 Å². The largest absolute Gasteiger partial charge is 0.496 e. The molecule has 0 aliphatic carbocycles. The Bertz CT molecular complexity index is 968. The van der Waals surface area contributed by atoms with E-state index in [0.29, 0.717) is 24.1 Å². The molecule has 4 rings (SSSR count). The third-order valence-corrected chi connectivity index (χ3v) is 5.70. The first-order valence-electron chi connectivity index (χ1n) is 9.06. The van der Waals surface area contributed by atoms with Gasteiger partial charge in [-0.25, -0.2) is 0 Å². The predicted molar refractivity (Wildman–Crippen MR) is 103 cm³/mol. The molecule has 0 saturated heterocycles. The summed E-state index contributed by atoms with van der Waals surface area (Å²) >= 11 is 1.71. The molecule has 0 spiro atoms. The number of aromatic nitrogens is 2. The average molecular weight is 399 g/mol. The predicted octanol–water partition coefficient (Wildman–Crippen LogP) is 3.36. The van der Waals surface area contributed by atoms with E-state index in [4.69, 9.17) is 14.0 Å². The third kappa shape index (κ3) is 3.79. The number of aryl methyl sites for hydroxylation is 1. The highest BCUT2D eigenvalue weighted by Gasteiger charge is 2.28. The Morgan fingerprint density at radius 1 is 1.39 bits per heavy atom. The van der Waals surface area contributed by atoms with Crippen LogP contribution in [0.4, 0.5) is 0 Å². The topological polar surface area (TPSA) is 86.5 Å². The van der Waals surface area contributed by atoms with Crippen molar-refractivity contribution in [2.24, 2.45) is 0 Å². The summed E-state index contributed by atoms with van der Waals surface area (Å²) in [5.74, 6) is 1.31. The molecule has 0 unspecified atom stereocenters. The molecule has 146 valence electrons. The Morgan fingerprint density at radius 2 is 2.25 bits per heavy atom. The number of nitrogens with one attached hydrogen (secondary N) is 1. The maximum absolute atomic E-state index is 12.9. The number of hydrogen-bond donors (Lipinski definition) is 1. The molecular formula is C20H21N3O4S. The summed E-state index contributed by atoms with van der Waals surface area (Å²) in [5.41, 5.74) is 1.87. The summed E-state index contributed by atoms with van der Waals surface area (Å²) in [6.45, 7) is 2.34. The number of nitrogens with zero attached hydrogens (tertiary/aromatic N) is 2. The van der Waals surface area contributed by atoms with E-state index in [0.717, 1.165) is 17.5 Å². The van der Waals surface area contributed by atoms with Crippen molar-refractivity contribution in [1.82, 2.24) is 15.5 Å². The van der Waals surface area contributed by atoms with E-state index in [1.807, 2.05) is 35.7 Å². The van der Waals surface area contributed by atoms with Crippen LogP contribution in [0.1, 0.15) is 46.3 Å². The second-order valence-corrected chi connectivity index (χ2v) is 7.53. The van der Waals surface area contributed by atoms with Gasteiger partial charge in [-0.15, -0.1) is 11.3 Å². The minimum atomic E-state index is -0.577. The lowest BCUT2D eigenvalue weighted by molar-refractivity contribution is -0.125. The van der Waals surface area contributed by atoms with Gasteiger partial charge in [-0.1, -0.05) is 23.4 Å². The molecule has 8 heteroatoms. The number of thiophene rings is 1. The van der Waals surface area contributed by atoms with Gasteiger partial charge < -0.3 is 19.3 Å². The van der Waals surface area contributed by atoms with Crippen LogP contribution in [0, 0.1) is 6.92 Å². The highest BCUT2D eigenvalue weighted by Crippen LogP contribution is 2.34. The molecule has 1 aromatic carbocycles. The first-order chi connectivity index (χ1) is 13.7. The fraction of sp³-hybridized carbons (Fsp3) is 0.350. The molecule has 2 atom stereocenters. The maximum Gasteiger partial charge on any atom is 0.223 e. The van der Waals surface area contributed by atoms with Gasteiger partial charge in [0.2, 0.25) is 11.8 Å². The number of para-hydroxylation sites is 1. The molecule has 3 aromatic rings. The number of fused-ring (bicyclic) bond motifs is 1. The lowest BCUT2D eigenvalue weighted by Gasteiger charge is -2.24. The number of amides is 1. The zero-order chi connectivity index (χ0) is 19.5. The summed E-state index contributed by atoms with van der Waals surface area (Å²) in [6.07, 6.45) is 0.892. The summed E-state index contributed by atoms with van der Waals surface area (Å²) in [7, 11) is 1.59. The van der Waals surface area contributed by atoms with Gasteiger partial charge in [0.15, 0.2) is 5.82 Å². The minimum Gasteiger partial charge on any atom is -0.496 e. The van der Waals surface area contributed by atoms with Gasteiger partial charge in [0.05, 0.1) is 26.2 Å². The Morgan fingerprint density at radius 3 is 3.04 bits per heavy atom. The SMILES string of the molecule is COc1ccccc1[C@H](NC(=O)C[C@@H]1OCCc2sccc21)c1noc(C)n1. The molecule has 1 N–H and O–H groups in total. The average Bonchev–Trinajstić information content (AvgIpc) is 3.35. The Kier molecular flexibility index (Phi) is 5.40. The second kappa shape index (κ2) is 8.12. The summed E-state index contributed by atoms with van der Waals surface area (Å²) in [5, 5.41) is 9.08. The van der Waals surface area contributed by atoms with Crippen molar-refractivity contribution < 1.29 is 18.8 Å². The Balaban J connectivity index is 1.57. The van der Waals surface area contributed by atoms with Crippen molar-refractivity contribution >= 4 is 17.2 Å². The van der Waals surface area contributed by atoms with Gasteiger partial charge in [0, 0.05) is 23.8 Å². The van der Waals surface area contributed by atoms with Crippen LogP contribution < -0.4 is 10.1 Å². The van der Waals surface area contributed by atoms with Gasteiger partial charge in [-0.2, -0.15) is 4.98 Å². The zero-order valence-electron chi connectivity index (χ0n) is 15.7. The van der Waals surface area contributed by atoms with E-state index in [2.05, 4.69) is 15.5 Å². The van der Waals surface area contributed by atoms with Gasteiger partial charge in [0.25, 0.3) is 0 Å². The van der Waals surface area contributed by atoms with Crippen molar-refractivity contribution in [2.75, 3.05) is 13.7 Å². The number of hydrogen-bond acceptors (Lipinski definition) is 7. The molecule has 3 heterocycles. The second-order valence-electron chi connectivity index (χ2n) is 6.53. The van der Waals surface area contributed by atoms with Crippen molar-refractivity contribution in [3.63, 3.8) is 0 Å². The summed E-state index contributed by atoms with van der Waals surface area (Å²) < 4.78 is 16.4. The Hall–Kier alpha value is -2.71. The number of benzene rings is 1. The Labute approximate surface area is 166 Å². The molecule has 7 nitrogen and oxygen atoms in total. The number of carbonyl (C=O) groups excluding carboxylic acids is 1. The normalized spacial score (nSPS) is 17.0. The van der Waals surface area contributed by atoms with Crippen molar-refractivity contribution in [3.8, 4) is 5.75 Å². The molecule has 0 radical (unpaired) electrons. The van der Waals surface area contributed by atoms with E-state index in [1.165, 1.54) is 4.88 Å². The van der Waals surface area contributed by atoms with Crippen LogP contribution >= 0.6 is 11.3 Å². The quantitative estimate of drug-likeness (QED) is 0.684. The van der Waals surface area contributed by atoms with Crippen LogP contribution in [0.25, 0.3) is 0 Å². The standard InChI is InChI=1S/C20H21N3O4S/c1-12-21-20(23-27-12)19(14-5-3-4-6-15(14)25-2)22-18(24)11-16-13-8-10-28-17(13)7-9-26-16/h3-6,8,10,16,19H,7,9,11H2,1-2H3,(H,22,24)/t16-,19-/m0/s1. The summed E-state index contributed by atoms with van der Waals surface area (Å²) in [6, 6.07) is 8.93. The monoisotopic (exact) mass is 399 g/mol. The van der Waals surface area contributed by atoms with E-state index in [1.54, 1.807) is 25.4 Å². The summed E-state index contributed by atoms with van der Waals surface area (Å²) in [4.78, 5) is 18.5. The molecule has 1 aliphatic heterocycles. The van der Waals surface area contributed by atoms with E-state index in [-0.39, 0.29) is 18.4 Å². The smallest absolute Gasteiger partial charge is 0.223 e. The highest BCUT2D eigenvalue weighted by atomic mass is 32.1. The lowest BCUT2D eigenvalue weighted by atomic mass is 10.0. The van der Waals surface area contributed by atoms with Crippen molar-refractivity contribution in [3.05, 3.63) is 63.4 Å². The lowest BCUT2D eigenvalue weighted by Crippen LogP contribution is -2.32. The van der Waals surface area contributed by atoms with Crippen LogP contribution in [0.5, 0.6) is 5.75 Å². The van der Waals surface area contributed by atoms with Gasteiger partial charge in [-0.05, 0) is 23.1 Å². The highest BCUT2D eigenvalue weighted by molar-refractivity contribution is 7.10. The van der Waals surface area contributed by atoms with Crippen LogP contribution in [-0.4, -0.2) is 29.8 Å². The number of rotatable bonds is 6. The maximum atomic E-state index is 12.9. The fourth-order valence-corrected chi connectivity index (χ4v) is 4.32. The molecule has 28 heavy (non-hydrogen) atoms. The van der Waals surface area contributed by atoms with Crippen molar-refractivity contribution in [1.29, 1.82) is 0 Å². The minimum absolute atomic E-state index is 0.151.